The summed E-state index contributed by atoms with van der Waals surface area (Å²) in [6.45, 7) is 6.32. The Morgan fingerprint density at radius 3 is 2.40 bits per heavy atom. The van der Waals surface area contributed by atoms with Crippen molar-refractivity contribution in [2.24, 2.45) is 0 Å². The molecule has 11 heteroatoms. The number of hydrogen-bond donors (Lipinski definition) is 3. The Morgan fingerprint density at radius 1 is 1.00 bits per heavy atom. The van der Waals surface area contributed by atoms with Crippen molar-refractivity contribution in [3.63, 3.8) is 0 Å². The first-order valence-corrected chi connectivity index (χ1v) is 11.8. The molecular formula is C24H29F2N7O2. The first kappa shape index (κ1) is 23.6. The number of aromatic nitrogens is 4. The smallest absolute Gasteiger partial charge is 0.227 e. The summed E-state index contributed by atoms with van der Waals surface area (Å²) in [4.78, 5) is 21.2. The Labute approximate surface area is 201 Å². The first-order valence-electron chi connectivity index (χ1n) is 11.8. The highest BCUT2D eigenvalue weighted by Gasteiger charge is 2.37. The number of hydrogen-bond acceptors (Lipinski definition) is 9. The van der Waals surface area contributed by atoms with Gasteiger partial charge in [0.15, 0.2) is 0 Å². The Bertz CT molecular complexity index is 1220. The molecule has 9 nitrogen and oxygen atoms in total. The number of β-amino-alcohol motifs (C(OH)–C–C–N with tert-alkyl or cyclic N) is 1. The van der Waals surface area contributed by atoms with Gasteiger partial charge in [-0.05, 0) is 35.9 Å². The second kappa shape index (κ2) is 9.12. The van der Waals surface area contributed by atoms with Crippen molar-refractivity contribution in [2.75, 3.05) is 34.8 Å². The zero-order valence-electron chi connectivity index (χ0n) is 19.8. The van der Waals surface area contributed by atoms with Gasteiger partial charge in [-0.3, -0.25) is 0 Å². The van der Waals surface area contributed by atoms with Crippen molar-refractivity contribution in [1.82, 2.24) is 19.9 Å². The molecule has 3 aromatic rings. The molecule has 2 saturated heterocycles. The largest absolute Gasteiger partial charge is 0.389 e. The number of aliphatic hydroxyl groups excluding tert-OH is 2. The van der Waals surface area contributed by atoms with Gasteiger partial charge in [-0.15, -0.1) is 0 Å². The molecule has 0 radical (unpaired) electrons. The number of pyridine rings is 2. The second-order valence-corrected chi connectivity index (χ2v) is 9.56. The van der Waals surface area contributed by atoms with Crippen LogP contribution in [0.3, 0.4) is 0 Å². The van der Waals surface area contributed by atoms with E-state index in [1.165, 1.54) is 11.1 Å². The minimum Gasteiger partial charge on any atom is -0.389 e. The van der Waals surface area contributed by atoms with Crippen LogP contribution in [0.15, 0.2) is 30.7 Å². The lowest BCUT2D eigenvalue weighted by molar-refractivity contribution is 0.000909. The Morgan fingerprint density at radius 2 is 1.74 bits per heavy atom. The van der Waals surface area contributed by atoms with Gasteiger partial charge >= 0.3 is 0 Å². The van der Waals surface area contributed by atoms with E-state index in [-0.39, 0.29) is 37.1 Å². The predicted octanol–water partition coefficient (Wildman–Crippen LogP) is 2.71. The fraction of sp³-hybridized carbons (Fsp3) is 0.500. The molecule has 3 aromatic heterocycles. The number of aliphatic hydroxyl groups is 2. The third-order valence-corrected chi connectivity index (χ3v) is 6.82. The maximum absolute atomic E-state index is 14.0. The lowest BCUT2D eigenvalue weighted by Crippen LogP contribution is -2.59. The maximum atomic E-state index is 14.0. The van der Waals surface area contributed by atoms with Gasteiger partial charge in [0.2, 0.25) is 5.95 Å². The monoisotopic (exact) mass is 485 g/mol. The fourth-order valence-electron chi connectivity index (χ4n) is 4.57. The maximum Gasteiger partial charge on any atom is 0.227 e. The summed E-state index contributed by atoms with van der Waals surface area (Å²) in [5.41, 5.74) is 1.07. The van der Waals surface area contributed by atoms with Crippen molar-refractivity contribution in [3.8, 4) is 0 Å². The first-order chi connectivity index (χ1) is 16.7. The van der Waals surface area contributed by atoms with E-state index in [4.69, 9.17) is 0 Å². The summed E-state index contributed by atoms with van der Waals surface area (Å²) >= 11 is 0. The van der Waals surface area contributed by atoms with Crippen LogP contribution in [0.4, 0.5) is 32.2 Å². The van der Waals surface area contributed by atoms with Gasteiger partial charge in [-0.2, -0.15) is 4.98 Å². The van der Waals surface area contributed by atoms with Crippen LogP contribution < -0.4 is 15.1 Å². The molecule has 0 unspecified atom stereocenters. The quantitative estimate of drug-likeness (QED) is 0.502. The number of halogens is 2. The number of nitrogens with one attached hydrogen (secondary N) is 1. The molecule has 4 atom stereocenters. The minimum atomic E-state index is -1.71. The van der Waals surface area contributed by atoms with Crippen molar-refractivity contribution in [3.05, 3.63) is 36.3 Å². The van der Waals surface area contributed by atoms with Crippen LogP contribution in [-0.2, 0) is 0 Å². The summed E-state index contributed by atoms with van der Waals surface area (Å²) in [6.07, 6.45) is -0.291. The third-order valence-electron chi connectivity index (χ3n) is 6.82. The van der Waals surface area contributed by atoms with Gasteiger partial charge < -0.3 is 25.3 Å². The fourth-order valence-corrected chi connectivity index (χ4v) is 4.57. The zero-order chi connectivity index (χ0) is 24.9. The number of alkyl halides is 2. The van der Waals surface area contributed by atoms with E-state index >= 15 is 0 Å². The summed E-state index contributed by atoms with van der Waals surface area (Å²) < 4.78 is 28.0. The number of anilines is 4. The Hall–Kier alpha value is -3.18. The molecule has 3 N–H and O–H groups in total. The molecule has 2 fully saturated rings. The van der Waals surface area contributed by atoms with E-state index in [9.17, 15) is 19.0 Å². The van der Waals surface area contributed by atoms with E-state index in [0.717, 1.165) is 22.2 Å². The third kappa shape index (κ3) is 4.34. The van der Waals surface area contributed by atoms with Crippen LogP contribution in [-0.4, -0.2) is 80.4 Å². The van der Waals surface area contributed by atoms with Crippen molar-refractivity contribution < 1.29 is 19.0 Å². The van der Waals surface area contributed by atoms with Gasteiger partial charge in [0.1, 0.15) is 35.9 Å². The molecule has 2 aliphatic heterocycles. The average molecular weight is 486 g/mol. The van der Waals surface area contributed by atoms with Crippen molar-refractivity contribution in [2.45, 2.75) is 57.3 Å². The molecule has 0 saturated carbocycles. The Kier molecular flexibility index (Phi) is 6.14. The molecule has 0 amide bonds. The molecule has 0 aliphatic carbocycles. The van der Waals surface area contributed by atoms with Crippen molar-refractivity contribution >= 4 is 34.2 Å². The van der Waals surface area contributed by atoms with Crippen molar-refractivity contribution in [1.29, 1.82) is 0 Å². The van der Waals surface area contributed by atoms with E-state index in [2.05, 4.69) is 44.0 Å². The van der Waals surface area contributed by atoms with E-state index in [1.54, 1.807) is 12.3 Å². The summed E-state index contributed by atoms with van der Waals surface area (Å²) in [7, 11) is 0. The zero-order valence-corrected chi connectivity index (χ0v) is 19.8. The van der Waals surface area contributed by atoms with Gasteiger partial charge in [0, 0.05) is 30.5 Å². The van der Waals surface area contributed by atoms with Gasteiger partial charge in [0.25, 0.3) is 0 Å². The molecule has 0 spiro atoms. The van der Waals surface area contributed by atoms with E-state index < -0.39 is 18.4 Å². The lowest BCUT2D eigenvalue weighted by Gasteiger charge is -2.44. The topological polar surface area (TPSA) is 111 Å². The van der Waals surface area contributed by atoms with Crippen LogP contribution in [0.5, 0.6) is 0 Å². The molecule has 0 bridgehead atoms. The van der Waals surface area contributed by atoms with Crippen LogP contribution in [0, 0.1) is 0 Å². The van der Waals surface area contributed by atoms with E-state index in [0.29, 0.717) is 18.2 Å². The molecular weight excluding hydrogens is 456 g/mol. The molecule has 5 rings (SSSR count). The highest BCUT2D eigenvalue weighted by Crippen LogP contribution is 2.36. The molecule has 35 heavy (non-hydrogen) atoms. The normalized spacial score (nSPS) is 25.3. The Balaban J connectivity index is 1.44. The number of rotatable bonds is 5. The highest BCUT2D eigenvalue weighted by atomic mass is 19.1. The average Bonchev–Trinajstić information content (AvgIpc) is 2.84. The lowest BCUT2D eigenvalue weighted by atomic mass is 9.96. The highest BCUT2D eigenvalue weighted by molar-refractivity contribution is 5.96. The van der Waals surface area contributed by atoms with Crippen LogP contribution in [0.2, 0.25) is 0 Å². The molecule has 5 heterocycles. The second-order valence-electron chi connectivity index (χ2n) is 9.56. The molecule has 0 aromatic carbocycles. The SMILES string of the molecule is CC(C)c1cnc(N2C[C@H](O)[C@H]2C)c2cnc(Nc3ccnc(N4C[C@@H](F)C(O)[C@H](F)C4)n3)cc12. The number of nitrogens with zero attached hydrogens (tertiary/aromatic N) is 6. The minimum absolute atomic E-state index is 0.0171. The summed E-state index contributed by atoms with van der Waals surface area (Å²) in [5.74, 6) is 2.18. The molecule has 2 aliphatic rings. The number of fused-ring (bicyclic) bond motifs is 1. The van der Waals surface area contributed by atoms with Gasteiger partial charge in [-0.1, -0.05) is 13.8 Å². The standard InChI is InChI=1S/C24H29F2N7O2/c1-12(2)15-7-29-23(33-11-19(34)13(33)3)16-8-28-21(6-14(15)16)30-20-4-5-27-24(31-20)32-9-17(25)22(35)18(26)10-32/h4-8,12-13,17-19,22,34-35H,9-11H2,1-3H3,(H,27,28,30,31)/t13-,17-,18-,19+/m1/s1. The summed E-state index contributed by atoms with van der Waals surface area (Å²) in [5, 5.41) is 24.6. The van der Waals surface area contributed by atoms with Crippen LogP contribution in [0.25, 0.3) is 10.8 Å². The van der Waals surface area contributed by atoms with Gasteiger partial charge in [-0.25, -0.2) is 23.7 Å². The van der Waals surface area contributed by atoms with Crippen LogP contribution >= 0.6 is 0 Å². The van der Waals surface area contributed by atoms with E-state index in [1.807, 2.05) is 19.2 Å². The van der Waals surface area contributed by atoms with Crippen LogP contribution in [0.1, 0.15) is 32.3 Å². The summed E-state index contributed by atoms with van der Waals surface area (Å²) in [6, 6.07) is 3.57. The number of piperidine rings is 1. The predicted molar refractivity (Wildman–Crippen MR) is 130 cm³/mol. The molecule has 186 valence electrons. The van der Waals surface area contributed by atoms with Gasteiger partial charge in [0.05, 0.1) is 25.2 Å².